The van der Waals surface area contributed by atoms with Crippen LogP contribution in [0.2, 0.25) is 0 Å². The van der Waals surface area contributed by atoms with Gasteiger partial charge in [0.25, 0.3) is 0 Å². The molecule has 0 aliphatic carbocycles. The van der Waals surface area contributed by atoms with Crippen LogP contribution in [0.1, 0.15) is 39.5 Å². The number of aliphatic hydroxyl groups excluding tert-OH is 1. The Balaban J connectivity index is 2.58. The van der Waals surface area contributed by atoms with Crippen LogP contribution < -0.4 is 5.73 Å². The summed E-state index contributed by atoms with van der Waals surface area (Å²) < 4.78 is 0. The van der Waals surface area contributed by atoms with E-state index in [4.69, 9.17) is 5.73 Å². The van der Waals surface area contributed by atoms with Crippen LogP contribution in [0.15, 0.2) is 0 Å². The molecule has 0 aromatic carbocycles. The van der Waals surface area contributed by atoms with Crippen molar-refractivity contribution in [1.29, 1.82) is 0 Å². The minimum atomic E-state index is -0.772. The van der Waals surface area contributed by atoms with Gasteiger partial charge in [-0.3, -0.25) is 4.79 Å². The lowest BCUT2D eigenvalue weighted by molar-refractivity contribution is -0.139. The highest BCUT2D eigenvalue weighted by Gasteiger charge is 2.33. The summed E-state index contributed by atoms with van der Waals surface area (Å²) in [7, 11) is 0. The van der Waals surface area contributed by atoms with Gasteiger partial charge in [0, 0.05) is 13.1 Å². The number of aliphatic hydroxyl groups is 1. The Hall–Kier alpha value is -0.610. The number of β-amino-alcohol motifs (C(OH)–C–C–N with tert-alkyl or cyclic N) is 1. The highest BCUT2D eigenvalue weighted by molar-refractivity contribution is 5.85. The van der Waals surface area contributed by atoms with E-state index >= 15 is 0 Å². The molecule has 0 radical (unpaired) electrons. The molecule has 88 valence electrons. The second-order valence-corrected chi connectivity index (χ2v) is 4.71. The molecule has 0 bridgehead atoms. The molecule has 15 heavy (non-hydrogen) atoms. The van der Waals surface area contributed by atoms with Crippen LogP contribution in [0, 0.1) is 0 Å². The molecule has 1 heterocycles. The van der Waals surface area contributed by atoms with Crippen molar-refractivity contribution < 1.29 is 9.90 Å². The number of nitrogens with zero attached hydrogens (tertiary/aromatic N) is 1. The highest BCUT2D eigenvalue weighted by atomic mass is 16.3. The predicted octanol–water partition coefficient (Wildman–Crippen LogP) is 0.487. The molecular formula is C11H22N2O2. The molecule has 3 N–H and O–H groups in total. The van der Waals surface area contributed by atoms with Crippen molar-refractivity contribution in [2.45, 2.75) is 51.2 Å². The van der Waals surface area contributed by atoms with E-state index in [1.165, 1.54) is 0 Å². The van der Waals surface area contributed by atoms with Crippen molar-refractivity contribution in [3.05, 3.63) is 0 Å². The van der Waals surface area contributed by atoms with Gasteiger partial charge >= 0.3 is 0 Å². The van der Waals surface area contributed by atoms with E-state index in [-0.39, 0.29) is 12.0 Å². The minimum Gasteiger partial charge on any atom is -0.391 e. The van der Waals surface area contributed by atoms with Crippen LogP contribution in [-0.2, 0) is 4.79 Å². The number of likely N-dealkylation sites (tertiary alicyclic amines) is 1. The van der Waals surface area contributed by atoms with Crippen LogP contribution in [0.5, 0.6) is 0 Å². The van der Waals surface area contributed by atoms with Gasteiger partial charge in [-0.2, -0.15) is 0 Å². The Morgan fingerprint density at radius 2 is 2.33 bits per heavy atom. The van der Waals surface area contributed by atoms with Crippen molar-refractivity contribution in [2.75, 3.05) is 13.1 Å². The fourth-order valence-corrected chi connectivity index (χ4v) is 2.13. The standard InChI is InChI=1S/C11H22N2O2/c1-3-6-11(2,12)10(15)13-7-4-5-9(14)8-13/h9,14H,3-8,12H2,1-2H3/t9-,11?/m0/s1. The first-order valence-corrected chi connectivity index (χ1v) is 5.73. The number of carbonyl (C=O) groups is 1. The fraction of sp³-hybridized carbons (Fsp3) is 0.909. The van der Waals surface area contributed by atoms with Gasteiger partial charge in [0.15, 0.2) is 0 Å². The molecule has 0 aromatic heterocycles. The van der Waals surface area contributed by atoms with E-state index < -0.39 is 5.54 Å². The minimum absolute atomic E-state index is 0.0249. The molecule has 0 spiro atoms. The van der Waals surface area contributed by atoms with Crippen LogP contribution in [0.25, 0.3) is 0 Å². The lowest BCUT2D eigenvalue weighted by Crippen LogP contribution is -2.56. The van der Waals surface area contributed by atoms with Crippen molar-refractivity contribution in [1.82, 2.24) is 4.90 Å². The molecule has 0 saturated carbocycles. The maximum Gasteiger partial charge on any atom is 0.242 e. The van der Waals surface area contributed by atoms with Crippen LogP contribution >= 0.6 is 0 Å². The molecule has 1 fully saturated rings. The van der Waals surface area contributed by atoms with Gasteiger partial charge in [0.05, 0.1) is 11.6 Å². The lowest BCUT2D eigenvalue weighted by Gasteiger charge is -2.35. The quantitative estimate of drug-likeness (QED) is 0.718. The summed E-state index contributed by atoms with van der Waals surface area (Å²) in [5.74, 6) is -0.0249. The first kappa shape index (κ1) is 12.5. The average molecular weight is 214 g/mol. The van der Waals surface area contributed by atoms with Gasteiger partial charge < -0.3 is 15.7 Å². The number of piperidine rings is 1. The maximum absolute atomic E-state index is 12.0. The van der Waals surface area contributed by atoms with Crippen molar-refractivity contribution in [3.8, 4) is 0 Å². The molecule has 1 aliphatic heterocycles. The molecule has 4 nitrogen and oxygen atoms in total. The molecule has 1 amide bonds. The van der Waals surface area contributed by atoms with Crippen LogP contribution in [0.4, 0.5) is 0 Å². The molecule has 1 aliphatic rings. The number of nitrogens with two attached hydrogens (primary N) is 1. The van der Waals surface area contributed by atoms with Gasteiger partial charge in [0.1, 0.15) is 0 Å². The number of hydrogen-bond donors (Lipinski definition) is 2. The Bertz CT molecular complexity index is 229. The summed E-state index contributed by atoms with van der Waals surface area (Å²) in [6.45, 7) is 4.96. The Morgan fingerprint density at radius 1 is 1.67 bits per heavy atom. The summed E-state index contributed by atoms with van der Waals surface area (Å²) in [5, 5.41) is 9.49. The zero-order valence-corrected chi connectivity index (χ0v) is 9.70. The van der Waals surface area contributed by atoms with Gasteiger partial charge in [0.2, 0.25) is 5.91 Å². The predicted molar refractivity (Wildman–Crippen MR) is 59.3 cm³/mol. The molecule has 1 saturated heterocycles. The van der Waals surface area contributed by atoms with Crippen molar-refractivity contribution in [2.24, 2.45) is 5.73 Å². The maximum atomic E-state index is 12.0. The zero-order valence-electron chi connectivity index (χ0n) is 9.70. The van der Waals surface area contributed by atoms with E-state index in [1.54, 1.807) is 11.8 Å². The summed E-state index contributed by atoms with van der Waals surface area (Å²) >= 11 is 0. The zero-order chi connectivity index (χ0) is 11.5. The number of hydrogen-bond acceptors (Lipinski definition) is 3. The molecular weight excluding hydrogens is 192 g/mol. The average Bonchev–Trinajstić information content (AvgIpc) is 2.16. The van der Waals surface area contributed by atoms with E-state index in [9.17, 15) is 9.90 Å². The summed E-state index contributed by atoms with van der Waals surface area (Å²) in [6, 6.07) is 0. The van der Waals surface area contributed by atoms with Crippen molar-refractivity contribution >= 4 is 5.91 Å². The Labute approximate surface area is 91.4 Å². The Morgan fingerprint density at radius 3 is 2.87 bits per heavy atom. The normalized spacial score (nSPS) is 26.1. The van der Waals surface area contributed by atoms with Gasteiger partial charge in [-0.05, 0) is 26.2 Å². The fourth-order valence-electron chi connectivity index (χ4n) is 2.13. The van der Waals surface area contributed by atoms with Crippen LogP contribution in [-0.4, -0.2) is 40.6 Å². The second kappa shape index (κ2) is 4.94. The van der Waals surface area contributed by atoms with Gasteiger partial charge in [-0.1, -0.05) is 13.3 Å². The van der Waals surface area contributed by atoms with E-state index in [0.717, 1.165) is 25.8 Å². The molecule has 0 aromatic rings. The highest BCUT2D eigenvalue weighted by Crippen LogP contribution is 2.17. The number of amides is 1. The first-order chi connectivity index (χ1) is 6.97. The van der Waals surface area contributed by atoms with E-state index in [1.807, 2.05) is 6.92 Å². The van der Waals surface area contributed by atoms with E-state index in [2.05, 4.69) is 0 Å². The van der Waals surface area contributed by atoms with E-state index in [0.29, 0.717) is 13.0 Å². The topological polar surface area (TPSA) is 66.6 Å². The number of rotatable bonds is 3. The SMILES string of the molecule is CCCC(C)(N)C(=O)N1CCC[C@H](O)C1. The van der Waals surface area contributed by atoms with Crippen LogP contribution in [0.3, 0.4) is 0 Å². The molecule has 4 heteroatoms. The largest absolute Gasteiger partial charge is 0.391 e. The van der Waals surface area contributed by atoms with Gasteiger partial charge in [-0.15, -0.1) is 0 Å². The third kappa shape index (κ3) is 3.18. The molecule has 1 rings (SSSR count). The Kier molecular flexibility index (Phi) is 4.11. The summed E-state index contributed by atoms with van der Waals surface area (Å²) in [6.07, 6.45) is 2.88. The summed E-state index contributed by atoms with van der Waals surface area (Å²) in [5.41, 5.74) is 5.20. The second-order valence-electron chi connectivity index (χ2n) is 4.71. The third-order valence-electron chi connectivity index (χ3n) is 2.94. The molecule has 2 atom stereocenters. The van der Waals surface area contributed by atoms with Crippen molar-refractivity contribution in [3.63, 3.8) is 0 Å². The summed E-state index contributed by atoms with van der Waals surface area (Å²) in [4.78, 5) is 13.7. The molecule has 1 unspecified atom stereocenters. The van der Waals surface area contributed by atoms with Gasteiger partial charge in [-0.25, -0.2) is 0 Å². The number of carbonyl (C=O) groups excluding carboxylic acids is 1. The monoisotopic (exact) mass is 214 g/mol. The smallest absolute Gasteiger partial charge is 0.242 e. The lowest BCUT2D eigenvalue weighted by atomic mass is 9.94. The third-order valence-corrected chi connectivity index (χ3v) is 2.94. The first-order valence-electron chi connectivity index (χ1n) is 5.73.